The Morgan fingerprint density at radius 2 is 2.15 bits per heavy atom. The van der Waals surface area contributed by atoms with Crippen LogP contribution in [0.2, 0.25) is 0 Å². The number of hydrogen-bond acceptors (Lipinski definition) is 4. The van der Waals surface area contributed by atoms with E-state index in [0.29, 0.717) is 16.7 Å². The van der Waals surface area contributed by atoms with Gasteiger partial charge in [0, 0.05) is 17.5 Å². The molecular formula is C14H24N2O2S2. The minimum Gasteiger partial charge on any atom is -0.319 e. The molecule has 114 valence electrons. The van der Waals surface area contributed by atoms with Gasteiger partial charge in [-0.2, -0.15) is 4.31 Å². The monoisotopic (exact) mass is 316 g/mol. The minimum atomic E-state index is -3.31. The number of thiophene rings is 1. The van der Waals surface area contributed by atoms with Crippen molar-refractivity contribution in [2.45, 2.75) is 43.4 Å². The standard InChI is InChI=1S/C14H24N2O2S2/c1-11-7-9-16(12(2)10-11)20(17,18)14-5-4-13(19-14)6-8-15-3/h4-5,11-12,15H,6-10H2,1-3H3. The topological polar surface area (TPSA) is 49.4 Å². The molecule has 1 aromatic rings. The predicted molar refractivity (Wildman–Crippen MR) is 83.7 cm³/mol. The molecule has 1 N–H and O–H groups in total. The van der Waals surface area contributed by atoms with E-state index in [0.717, 1.165) is 30.7 Å². The summed E-state index contributed by atoms with van der Waals surface area (Å²) in [6.45, 7) is 5.73. The van der Waals surface area contributed by atoms with E-state index in [4.69, 9.17) is 0 Å². The van der Waals surface area contributed by atoms with Crippen LogP contribution in [0.15, 0.2) is 16.3 Å². The Hall–Kier alpha value is -0.430. The lowest BCUT2D eigenvalue weighted by atomic mass is 9.95. The average molecular weight is 316 g/mol. The highest BCUT2D eigenvalue weighted by atomic mass is 32.2. The van der Waals surface area contributed by atoms with Crippen LogP contribution in [0, 0.1) is 5.92 Å². The predicted octanol–water partition coefficient (Wildman–Crippen LogP) is 2.32. The molecular weight excluding hydrogens is 292 g/mol. The van der Waals surface area contributed by atoms with Crippen LogP contribution < -0.4 is 5.32 Å². The van der Waals surface area contributed by atoms with Gasteiger partial charge < -0.3 is 5.32 Å². The third-order valence-electron chi connectivity index (χ3n) is 3.90. The van der Waals surface area contributed by atoms with Crippen molar-refractivity contribution in [2.24, 2.45) is 5.92 Å². The zero-order chi connectivity index (χ0) is 14.8. The van der Waals surface area contributed by atoms with Crippen molar-refractivity contribution in [1.29, 1.82) is 0 Å². The van der Waals surface area contributed by atoms with E-state index in [2.05, 4.69) is 12.2 Å². The molecule has 0 spiro atoms. The van der Waals surface area contributed by atoms with Crippen molar-refractivity contribution in [1.82, 2.24) is 9.62 Å². The summed E-state index contributed by atoms with van der Waals surface area (Å²) in [5.41, 5.74) is 0. The SMILES string of the molecule is CNCCc1ccc(S(=O)(=O)N2CCC(C)CC2C)s1. The van der Waals surface area contributed by atoms with Gasteiger partial charge in [0.15, 0.2) is 0 Å². The second-order valence-electron chi connectivity index (χ2n) is 5.67. The van der Waals surface area contributed by atoms with Gasteiger partial charge in [-0.1, -0.05) is 6.92 Å². The number of rotatable bonds is 5. The molecule has 1 aliphatic rings. The molecule has 0 radical (unpaired) electrons. The molecule has 0 aliphatic carbocycles. The van der Waals surface area contributed by atoms with Crippen molar-refractivity contribution >= 4 is 21.4 Å². The van der Waals surface area contributed by atoms with Crippen LogP contribution in [0.25, 0.3) is 0 Å². The zero-order valence-corrected chi connectivity index (χ0v) is 14.1. The van der Waals surface area contributed by atoms with Crippen LogP contribution in [0.3, 0.4) is 0 Å². The van der Waals surface area contributed by atoms with E-state index < -0.39 is 10.0 Å². The molecule has 1 saturated heterocycles. The van der Waals surface area contributed by atoms with Gasteiger partial charge in [-0.25, -0.2) is 8.42 Å². The molecule has 20 heavy (non-hydrogen) atoms. The van der Waals surface area contributed by atoms with Gasteiger partial charge in [0.2, 0.25) is 0 Å². The third-order valence-corrected chi connectivity index (χ3v) is 7.52. The van der Waals surface area contributed by atoms with E-state index in [1.54, 1.807) is 10.4 Å². The van der Waals surface area contributed by atoms with Crippen LogP contribution in [0.5, 0.6) is 0 Å². The second kappa shape index (κ2) is 6.56. The fourth-order valence-electron chi connectivity index (χ4n) is 2.74. The Labute approximate surface area is 126 Å². The Bertz CT molecular complexity index is 539. The number of hydrogen-bond donors (Lipinski definition) is 1. The van der Waals surface area contributed by atoms with Crippen molar-refractivity contribution < 1.29 is 8.42 Å². The molecule has 1 fully saturated rings. The molecule has 2 heterocycles. The molecule has 2 atom stereocenters. The third kappa shape index (κ3) is 3.42. The Morgan fingerprint density at radius 1 is 1.40 bits per heavy atom. The lowest BCUT2D eigenvalue weighted by Gasteiger charge is -2.35. The second-order valence-corrected chi connectivity index (χ2v) is 8.95. The quantitative estimate of drug-likeness (QED) is 0.907. The van der Waals surface area contributed by atoms with Crippen LogP contribution in [0.4, 0.5) is 0 Å². The highest BCUT2D eigenvalue weighted by molar-refractivity contribution is 7.91. The molecule has 0 aromatic carbocycles. The molecule has 0 bridgehead atoms. The van der Waals surface area contributed by atoms with Crippen molar-refractivity contribution in [2.75, 3.05) is 20.1 Å². The van der Waals surface area contributed by atoms with Crippen LogP contribution >= 0.6 is 11.3 Å². The average Bonchev–Trinajstić information content (AvgIpc) is 2.85. The lowest BCUT2D eigenvalue weighted by Crippen LogP contribution is -2.43. The highest BCUT2D eigenvalue weighted by Gasteiger charge is 2.33. The summed E-state index contributed by atoms with van der Waals surface area (Å²) in [6.07, 6.45) is 2.79. The van der Waals surface area contributed by atoms with Gasteiger partial charge in [0.05, 0.1) is 0 Å². The zero-order valence-electron chi connectivity index (χ0n) is 12.4. The van der Waals surface area contributed by atoms with Crippen molar-refractivity contribution in [3.8, 4) is 0 Å². The maximum Gasteiger partial charge on any atom is 0.252 e. The van der Waals surface area contributed by atoms with E-state index in [9.17, 15) is 8.42 Å². The lowest BCUT2D eigenvalue weighted by molar-refractivity contribution is 0.220. The van der Waals surface area contributed by atoms with Crippen LogP contribution in [-0.2, 0) is 16.4 Å². The molecule has 2 rings (SSSR count). The number of likely N-dealkylation sites (N-methyl/N-ethyl adjacent to an activating group) is 1. The molecule has 1 aliphatic heterocycles. The summed E-state index contributed by atoms with van der Waals surface area (Å²) in [5, 5.41) is 3.09. The van der Waals surface area contributed by atoms with E-state index in [-0.39, 0.29) is 6.04 Å². The Balaban J connectivity index is 2.15. The first-order valence-corrected chi connectivity index (χ1v) is 9.46. The molecule has 0 saturated carbocycles. The summed E-state index contributed by atoms with van der Waals surface area (Å²) in [5.74, 6) is 0.617. The maximum absolute atomic E-state index is 12.7. The smallest absolute Gasteiger partial charge is 0.252 e. The Kier molecular flexibility index (Phi) is 5.23. The molecule has 6 heteroatoms. The van der Waals surface area contributed by atoms with Gasteiger partial charge >= 0.3 is 0 Å². The number of piperidine rings is 1. The first-order valence-electron chi connectivity index (χ1n) is 7.20. The van der Waals surface area contributed by atoms with Gasteiger partial charge in [-0.05, 0) is 57.8 Å². The number of nitrogens with zero attached hydrogens (tertiary/aromatic N) is 1. The summed E-state index contributed by atoms with van der Waals surface area (Å²) in [4.78, 5) is 1.12. The highest BCUT2D eigenvalue weighted by Crippen LogP contribution is 2.31. The van der Waals surface area contributed by atoms with Crippen LogP contribution in [-0.4, -0.2) is 38.9 Å². The van der Waals surface area contributed by atoms with E-state index in [1.807, 2.05) is 20.0 Å². The molecule has 2 unspecified atom stereocenters. The number of sulfonamides is 1. The summed E-state index contributed by atoms with van der Waals surface area (Å²) in [7, 11) is -1.40. The summed E-state index contributed by atoms with van der Waals surface area (Å²) < 4.78 is 27.6. The van der Waals surface area contributed by atoms with Crippen molar-refractivity contribution in [3.05, 3.63) is 17.0 Å². The van der Waals surface area contributed by atoms with Crippen molar-refractivity contribution in [3.63, 3.8) is 0 Å². The Morgan fingerprint density at radius 3 is 2.80 bits per heavy atom. The van der Waals surface area contributed by atoms with Gasteiger partial charge in [-0.3, -0.25) is 0 Å². The summed E-state index contributed by atoms with van der Waals surface area (Å²) in [6, 6.07) is 3.80. The number of nitrogens with one attached hydrogen (secondary N) is 1. The first kappa shape index (κ1) is 15.9. The maximum atomic E-state index is 12.7. The summed E-state index contributed by atoms with van der Waals surface area (Å²) >= 11 is 1.41. The minimum absolute atomic E-state index is 0.103. The van der Waals surface area contributed by atoms with E-state index in [1.165, 1.54) is 11.3 Å². The van der Waals surface area contributed by atoms with Crippen LogP contribution in [0.1, 0.15) is 31.6 Å². The first-order chi connectivity index (χ1) is 9.45. The largest absolute Gasteiger partial charge is 0.319 e. The fourth-order valence-corrected chi connectivity index (χ4v) is 5.88. The molecule has 0 amide bonds. The van der Waals surface area contributed by atoms with E-state index >= 15 is 0 Å². The molecule has 4 nitrogen and oxygen atoms in total. The van der Waals surface area contributed by atoms with Gasteiger partial charge in [-0.15, -0.1) is 11.3 Å². The molecule has 1 aromatic heterocycles. The van der Waals surface area contributed by atoms with Gasteiger partial charge in [0.25, 0.3) is 10.0 Å². The van der Waals surface area contributed by atoms with Gasteiger partial charge in [0.1, 0.15) is 4.21 Å². The fraction of sp³-hybridized carbons (Fsp3) is 0.714. The normalized spacial score (nSPS) is 24.9.